The molecule has 1 radical (unpaired) electrons. The van der Waals surface area contributed by atoms with E-state index in [0.717, 1.165) is 6.42 Å². The zero-order chi connectivity index (χ0) is 7.40. The Balaban J connectivity index is 2.69. The topological polar surface area (TPSA) is 0 Å². The quantitative estimate of drug-likeness (QED) is 0.720. The van der Waals surface area contributed by atoms with Crippen molar-refractivity contribution in [1.29, 1.82) is 0 Å². The van der Waals surface area contributed by atoms with Crippen LogP contribution < -0.4 is 0 Å². The third-order valence-electron chi connectivity index (χ3n) is 1.23. The Morgan fingerprint density at radius 1 is 1.30 bits per heavy atom. The van der Waals surface area contributed by atoms with E-state index in [1.165, 1.54) is 9.13 Å². The smallest absolute Gasteiger partial charge is 0.0543 e. The second kappa shape index (κ2) is 4.19. The van der Waals surface area contributed by atoms with Crippen molar-refractivity contribution in [3.05, 3.63) is 39.3 Å². The van der Waals surface area contributed by atoms with E-state index >= 15 is 0 Å². The lowest BCUT2D eigenvalue weighted by molar-refractivity contribution is 1.24. The molecule has 0 aromatic heterocycles. The normalized spacial score (nSPS) is 9.80. The molecule has 0 unspecified atom stereocenters. The molecule has 1 aromatic rings. The molecule has 2 heteroatoms. The fourth-order valence-corrected chi connectivity index (χ4v) is 1.25. The third kappa shape index (κ3) is 2.46. The monoisotopic (exact) mass is 265 g/mol. The molecule has 0 aliphatic heterocycles. The highest BCUT2D eigenvalue weighted by atomic mass is 127. The van der Waals surface area contributed by atoms with Crippen LogP contribution in [-0.4, -0.2) is 0 Å². The summed E-state index contributed by atoms with van der Waals surface area (Å²) in [6, 6.07) is 8.33. The summed E-state index contributed by atoms with van der Waals surface area (Å²) < 4.78 is 1.26. The lowest BCUT2D eigenvalue weighted by Crippen LogP contribution is -1.80. The van der Waals surface area contributed by atoms with Crippen LogP contribution in [0.2, 0.25) is 0 Å². The fraction of sp³-hybridized carbons (Fsp3) is 0.125. The van der Waals surface area contributed by atoms with Gasteiger partial charge in [0.25, 0.3) is 0 Å². The minimum Gasteiger partial charge on any atom is -0.121 e. The molecule has 1 rings (SSSR count). The average Bonchev–Trinajstić information content (AvgIpc) is 1.95. The Morgan fingerprint density at radius 3 is 2.40 bits per heavy atom. The predicted octanol–water partition coefficient (Wildman–Crippen LogP) is 3.23. The van der Waals surface area contributed by atoms with E-state index in [4.69, 9.17) is 11.6 Å². The van der Waals surface area contributed by atoms with Gasteiger partial charge in [0.05, 0.1) is 5.88 Å². The second-order valence-electron chi connectivity index (χ2n) is 1.98. The second-order valence-corrected chi connectivity index (χ2v) is 3.54. The van der Waals surface area contributed by atoms with E-state index in [2.05, 4.69) is 46.9 Å². The zero-order valence-electron chi connectivity index (χ0n) is 5.35. The molecular formula is C8H7ClI. The molecule has 0 fully saturated rings. The molecule has 0 saturated carbocycles. The lowest BCUT2D eigenvalue weighted by Gasteiger charge is -1.95. The summed E-state index contributed by atoms with van der Waals surface area (Å²) in [5.41, 5.74) is 1.26. The van der Waals surface area contributed by atoms with Crippen molar-refractivity contribution in [2.24, 2.45) is 0 Å². The Hall–Kier alpha value is 0.240. The van der Waals surface area contributed by atoms with Crippen molar-refractivity contribution in [3.8, 4) is 0 Å². The van der Waals surface area contributed by atoms with Crippen LogP contribution in [0.3, 0.4) is 0 Å². The van der Waals surface area contributed by atoms with Crippen molar-refractivity contribution in [2.75, 3.05) is 0 Å². The summed E-state index contributed by atoms with van der Waals surface area (Å²) in [4.78, 5) is 0. The van der Waals surface area contributed by atoms with Crippen molar-refractivity contribution in [1.82, 2.24) is 0 Å². The van der Waals surface area contributed by atoms with E-state index in [1.54, 1.807) is 5.88 Å². The van der Waals surface area contributed by atoms with Crippen LogP contribution in [0.25, 0.3) is 0 Å². The molecule has 0 atom stereocenters. The Kier molecular flexibility index (Phi) is 3.49. The van der Waals surface area contributed by atoms with Gasteiger partial charge >= 0.3 is 0 Å². The number of hydrogen-bond acceptors (Lipinski definition) is 0. The molecule has 0 saturated heterocycles. The molecule has 0 aliphatic rings. The van der Waals surface area contributed by atoms with Gasteiger partial charge in [0, 0.05) is 3.57 Å². The molecular weight excluding hydrogens is 258 g/mol. The number of benzene rings is 1. The standard InChI is InChI=1S/C8H7ClI/c9-6-5-7-1-3-8(10)4-2-7/h1-4,6H,5H2. The van der Waals surface area contributed by atoms with Gasteiger partial charge in [0.2, 0.25) is 0 Å². The first-order chi connectivity index (χ1) is 4.83. The van der Waals surface area contributed by atoms with Gasteiger partial charge < -0.3 is 0 Å². The van der Waals surface area contributed by atoms with Crippen LogP contribution in [0.1, 0.15) is 5.56 Å². The van der Waals surface area contributed by atoms with Crippen molar-refractivity contribution >= 4 is 34.2 Å². The highest BCUT2D eigenvalue weighted by Crippen LogP contribution is 2.08. The molecule has 0 aliphatic carbocycles. The first-order valence-corrected chi connectivity index (χ1v) is 4.51. The van der Waals surface area contributed by atoms with Crippen LogP contribution in [-0.2, 0) is 6.42 Å². The van der Waals surface area contributed by atoms with Gasteiger partial charge in [-0.2, -0.15) is 0 Å². The maximum atomic E-state index is 5.45. The van der Waals surface area contributed by atoms with Gasteiger partial charge in [-0.1, -0.05) is 12.1 Å². The first kappa shape index (κ1) is 8.34. The van der Waals surface area contributed by atoms with Gasteiger partial charge in [0.15, 0.2) is 0 Å². The van der Waals surface area contributed by atoms with Gasteiger partial charge in [-0.05, 0) is 46.7 Å². The molecule has 1 aromatic carbocycles. The zero-order valence-corrected chi connectivity index (χ0v) is 8.26. The molecule has 0 spiro atoms. The van der Waals surface area contributed by atoms with Crippen molar-refractivity contribution < 1.29 is 0 Å². The number of hydrogen-bond donors (Lipinski definition) is 0. The number of rotatable bonds is 2. The van der Waals surface area contributed by atoms with Gasteiger partial charge in [-0.3, -0.25) is 0 Å². The Morgan fingerprint density at radius 2 is 1.90 bits per heavy atom. The number of halogens is 2. The highest BCUT2D eigenvalue weighted by Gasteiger charge is 1.90. The predicted molar refractivity (Wildman–Crippen MR) is 53.0 cm³/mol. The largest absolute Gasteiger partial charge is 0.121 e. The SMILES string of the molecule is Cl[CH]Cc1ccc(I)cc1. The molecule has 0 N–H and O–H groups in total. The van der Waals surface area contributed by atoms with Crippen LogP contribution in [0, 0.1) is 9.45 Å². The summed E-state index contributed by atoms with van der Waals surface area (Å²) in [7, 11) is 0. The Bertz CT molecular complexity index is 193. The van der Waals surface area contributed by atoms with Crippen LogP contribution in [0.15, 0.2) is 24.3 Å². The maximum absolute atomic E-state index is 5.45. The summed E-state index contributed by atoms with van der Waals surface area (Å²) in [5.74, 6) is 1.64. The van der Waals surface area contributed by atoms with Gasteiger partial charge in [0.1, 0.15) is 0 Å². The van der Waals surface area contributed by atoms with E-state index < -0.39 is 0 Å². The third-order valence-corrected chi connectivity index (χ3v) is 2.10. The average molecular weight is 266 g/mol. The van der Waals surface area contributed by atoms with E-state index in [9.17, 15) is 0 Å². The molecule has 53 valence electrons. The van der Waals surface area contributed by atoms with E-state index in [1.807, 2.05) is 0 Å². The minimum atomic E-state index is 0.846. The molecule has 0 amide bonds. The summed E-state index contributed by atoms with van der Waals surface area (Å²) in [6.07, 6.45) is 0.846. The first-order valence-electron chi connectivity index (χ1n) is 2.99. The van der Waals surface area contributed by atoms with Crippen LogP contribution in [0.4, 0.5) is 0 Å². The molecule has 0 nitrogen and oxygen atoms in total. The van der Waals surface area contributed by atoms with E-state index in [0.29, 0.717) is 0 Å². The van der Waals surface area contributed by atoms with Crippen LogP contribution in [0.5, 0.6) is 0 Å². The summed E-state index contributed by atoms with van der Waals surface area (Å²) in [6.45, 7) is 0. The molecule has 0 bridgehead atoms. The fourth-order valence-electron chi connectivity index (χ4n) is 0.710. The lowest BCUT2D eigenvalue weighted by atomic mass is 10.2. The van der Waals surface area contributed by atoms with Gasteiger partial charge in [-0.25, -0.2) is 0 Å². The van der Waals surface area contributed by atoms with E-state index in [-0.39, 0.29) is 0 Å². The van der Waals surface area contributed by atoms with Crippen LogP contribution >= 0.6 is 34.2 Å². The van der Waals surface area contributed by atoms with Crippen molar-refractivity contribution in [2.45, 2.75) is 6.42 Å². The van der Waals surface area contributed by atoms with Crippen molar-refractivity contribution in [3.63, 3.8) is 0 Å². The Labute approximate surface area is 79.7 Å². The molecule has 10 heavy (non-hydrogen) atoms. The molecule has 0 heterocycles. The minimum absolute atomic E-state index is 0.846. The summed E-state index contributed by atoms with van der Waals surface area (Å²) in [5, 5.41) is 0. The summed E-state index contributed by atoms with van der Waals surface area (Å²) >= 11 is 7.73. The van der Waals surface area contributed by atoms with Gasteiger partial charge in [-0.15, -0.1) is 11.6 Å². The highest BCUT2D eigenvalue weighted by molar-refractivity contribution is 14.1. The maximum Gasteiger partial charge on any atom is 0.0543 e.